The number of piperidine rings is 1. The summed E-state index contributed by atoms with van der Waals surface area (Å²) in [6, 6.07) is 3.24. The molecule has 0 aromatic heterocycles. The van der Waals surface area contributed by atoms with Crippen molar-refractivity contribution >= 4 is 27.5 Å². The average Bonchev–Trinajstić information content (AvgIpc) is 2.73. The Labute approximate surface area is 188 Å². The minimum atomic E-state index is -4.03. The first-order valence-corrected chi connectivity index (χ1v) is 13.3. The molecule has 170 valence electrons. The Bertz CT molecular complexity index is 948. The lowest BCUT2D eigenvalue weighted by molar-refractivity contribution is -0.146. The molecule has 1 aliphatic heterocycles. The van der Waals surface area contributed by atoms with Gasteiger partial charge in [0.25, 0.3) is 0 Å². The summed E-state index contributed by atoms with van der Waals surface area (Å²) in [5, 5.41) is 3.31. The van der Waals surface area contributed by atoms with Crippen LogP contribution in [0.1, 0.15) is 57.8 Å². The maximum absolute atomic E-state index is 14.4. The van der Waals surface area contributed by atoms with Gasteiger partial charge in [-0.05, 0) is 87.3 Å². The molecule has 1 aromatic carbocycles. The Morgan fingerprint density at radius 2 is 1.77 bits per heavy atom. The van der Waals surface area contributed by atoms with Crippen LogP contribution >= 0.6 is 11.6 Å². The third-order valence-electron chi connectivity index (χ3n) is 8.07. The van der Waals surface area contributed by atoms with Crippen LogP contribution in [0.4, 0.5) is 4.39 Å². The minimum Gasteiger partial charge on any atom is -0.354 e. The number of hydrogen-bond acceptors (Lipinski definition) is 3. The standard InChI is InChI=1S/C23H30ClFN2O3S/c24-18-4-5-20(25)21(10-18)31(29,30)27-6-2-1-3-19(27)14-26-22(28)23-11-15-7-16(12-23)9-17(8-15)13-23/h4-5,10,15-17,19H,1-3,6-9,11-14H2,(H,26,28). The van der Waals surface area contributed by atoms with Crippen molar-refractivity contribution < 1.29 is 17.6 Å². The topological polar surface area (TPSA) is 66.5 Å². The molecule has 5 aliphatic rings. The summed E-state index contributed by atoms with van der Waals surface area (Å²) in [6.45, 7) is 0.605. The van der Waals surface area contributed by atoms with E-state index in [1.54, 1.807) is 0 Å². The van der Waals surface area contributed by atoms with E-state index < -0.39 is 15.8 Å². The van der Waals surface area contributed by atoms with E-state index in [9.17, 15) is 17.6 Å². The van der Waals surface area contributed by atoms with Crippen LogP contribution in [-0.2, 0) is 14.8 Å². The van der Waals surface area contributed by atoms with Gasteiger partial charge in [0.15, 0.2) is 0 Å². The molecule has 0 radical (unpaired) electrons. The Hall–Kier alpha value is -1.18. The zero-order chi connectivity index (χ0) is 21.8. The van der Waals surface area contributed by atoms with Crippen molar-refractivity contribution in [3.8, 4) is 0 Å². The molecule has 1 N–H and O–H groups in total. The van der Waals surface area contributed by atoms with Crippen LogP contribution < -0.4 is 5.32 Å². The summed E-state index contributed by atoms with van der Waals surface area (Å²) in [5.41, 5.74) is -0.258. The highest BCUT2D eigenvalue weighted by molar-refractivity contribution is 7.89. The molecule has 0 spiro atoms. The van der Waals surface area contributed by atoms with Crippen LogP contribution in [-0.4, -0.2) is 37.8 Å². The van der Waals surface area contributed by atoms with Crippen molar-refractivity contribution in [3.05, 3.63) is 29.0 Å². The highest BCUT2D eigenvalue weighted by atomic mass is 35.5. The van der Waals surface area contributed by atoms with Gasteiger partial charge in [0.2, 0.25) is 15.9 Å². The number of carbonyl (C=O) groups excluding carboxylic acids is 1. The van der Waals surface area contributed by atoms with Gasteiger partial charge >= 0.3 is 0 Å². The summed E-state index contributed by atoms with van der Waals surface area (Å²) in [7, 11) is -4.03. The van der Waals surface area contributed by atoms with Gasteiger partial charge in [-0.25, -0.2) is 12.8 Å². The van der Waals surface area contributed by atoms with Gasteiger partial charge in [0.05, 0.1) is 0 Å². The normalized spacial score (nSPS) is 35.3. The van der Waals surface area contributed by atoms with Crippen LogP contribution in [0.2, 0.25) is 5.02 Å². The number of nitrogens with zero attached hydrogens (tertiary/aromatic N) is 1. The number of amides is 1. The van der Waals surface area contributed by atoms with Crippen LogP contribution in [0.25, 0.3) is 0 Å². The molecule has 1 unspecified atom stereocenters. The number of carbonyl (C=O) groups is 1. The highest BCUT2D eigenvalue weighted by Gasteiger charge is 2.54. The first-order chi connectivity index (χ1) is 14.8. The van der Waals surface area contributed by atoms with Crippen molar-refractivity contribution in [2.75, 3.05) is 13.1 Å². The second-order valence-electron chi connectivity index (χ2n) is 10.2. The maximum atomic E-state index is 14.4. The fraction of sp³-hybridized carbons (Fsp3) is 0.696. The predicted molar refractivity (Wildman–Crippen MR) is 117 cm³/mol. The van der Waals surface area contributed by atoms with Crippen LogP contribution in [0.3, 0.4) is 0 Å². The number of halogens is 2. The fourth-order valence-corrected chi connectivity index (χ4v) is 9.10. The van der Waals surface area contributed by atoms with Crippen molar-refractivity contribution in [2.45, 2.75) is 68.7 Å². The smallest absolute Gasteiger partial charge is 0.246 e. The van der Waals surface area contributed by atoms with Crippen LogP contribution in [0, 0.1) is 29.0 Å². The van der Waals surface area contributed by atoms with Gasteiger partial charge in [-0.3, -0.25) is 4.79 Å². The molecule has 1 heterocycles. The van der Waals surface area contributed by atoms with Gasteiger partial charge in [-0.15, -0.1) is 0 Å². The second kappa shape index (κ2) is 7.99. The molecule has 1 amide bonds. The molecule has 1 saturated heterocycles. The van der Waals surface area contributed by atoms with Crippen molar-refractivity contribution in [1.82, 2.24) is 9.62 Å². The van der Waals surface area contributed by atoms with E-state index in [0.717, 1.165) is 38.2 Å². The summed E-state index contributed by atoms with van der Waals surface area (Å²) in [6.07, 6.45) is 9.01. The average molecular weight is 469 g/mol. The molecule has 8 heteroatoms. The van der Waals surface area contributed by atoms with Crippen molar-refractivity contribution in [3.63, 3.8) is 0 Å². The molecule has 4 bridgehead atoms. The van der Waals surface area contributed by atoms with Gasteiger partial charge in [0.1, 0.15) is 10.7 Å². The maximum Gasteiger partial charge on any atom is 0.246 e. The van der Waals surface area contributed by atoms with Gasteiger partial charge in [0, 0.05) is 29.6 Å². The molecule has 4 saturated carbocycles. The molecular formula is C23H30ClFN2O3S. The molecular weight excluding hydrogens is 439 g/mol. The Balaban J connectivity index is 1.31. The molecule has 31 heavy (non-hydrogen) atoms. The zero-order valence-electron chi connectivity index (χ0n) is 17.7. The summed E-state index contributed by atoms with van der Waals surface area (Å²) in [4.78, 5) is 12.9. The van der Waals surface area contributed by atoms with E-state index in [0.29, 0.717) is 30.7 Å². The molecule has 1 atom stereocenters. The minimum absolute atomic E-state index is 0.100. The Morgan fingerprint density at radius 1 is 1.13 bits per heavy atom. The van der Waals surface area contributed by atoms with E-state index in [1.165, 1.54) is 35.7 Å². The van der Waals surface area contributed by atoms with E-state index in [-0.39, 0.29) is 33.8 Å². The fourth-order valence-electron chi connectivity index (χ4n) is 7.08. The quantitative estimate of drug-likeness (QED) is 0.698. The largest absolute Gasteiger partial charge is 0.354 e. The lowest BCUT2D eigenvalue weighted by atomic mass is 9.49. The van der Waals surface area contributed by atoms with Crippen LogP contribution in [0.5, 0.6) is 0 Å². The number of sulfonamides is 1. The number of rotatable bonds is 5. The predicted octanol–water partition coefficient (Wildman–Crippen LogP) is 4.35. The van der Waals surface area contributed by atoms with Crippen LogP contribution in [0.15, 0.2) is 23.1 Å². The van der Waals surface area contributed by atoms with Crippen molar-refractivity contribution in [2.24, 2.45) is 23.2 Å². The highest BCUT2D eigenvalue weighted by Crippen LogP contribution is 2.60. The third kappa shape index (κ3) is 3.91. The van der Waals surface area contributed by atoms with Crippen molar-refractivity contribution in [1.29, 1.82) is 0 Å². The lowest BCUT2D eigenvalue weighted by Gasteiger charge is -2.55. The molecule has 1 aromatic rings. The third-order valence-corrected chi connectivity index (χ3v) is 10.3. The number of benzene rings is 1. The number of nitrogens with one attached hydrogen (secondary N) is 1. The monoisotopic (exact) mass is 468 g/mol. The second-order valence-corrected chi connectivity index (χ2v) is 12.5. The first kappa shape index (κ1) is 21.7. The van der Waals surface area contributed by atoms with Gasteiger partial charge in [-0.2, -0.15) is 4.31 Å². The van der Waals surface area contributed by atoms with E-state index in [4.69, 9.17) is 11.6 Å². The van der Waals surface area contributed by atoms with E-state index in [2.05, 4.69) is 5.32 Å². The Kier molecular flexibility index (Phi) is 5.58. The zero-order valence-corrected chi connectivity index (χ0v) is 19.2. The van der Waals surface area contributed by atoms with E-state index in [1.807, 2.05) is 0 Å². The molecule has 5 fully saturated rings. The van der Waals surface area contributed by atoms with Gasteiger partial charge in [-0.1, -0.05) is 18.0 Å². The first-order valence-electron chi connectivity index (χ1n) is 11.5. The molecule has 5 nitrogen and oxygen atoms in total. The Morgan fingerprint density at radius 3 is 2.42 bits per heavy atom. The molecule has 4 aliphatic carbocycles. The summed E-state index contributed by atoms with van der Waals surface area (Å²) in [5.74, 6) is 1.33. The van der Waals surface area contributed by atoms with Gasteiger partial charge < -0.3 is 5.32 Å². The summed E-state index contributed by atoms with van der Waals surface area (Å²) < 4.78 is 42.2. The SMILES string of the molecule is O=C(NCC1CCCCN1S(=O)(=O)c1cc(Cl)ccc1F)C12CC3CC(CC(C3)C1)C2. The summed E-state index contributed by atoms with van der Waals surface area (Å²) >= 11 is 5.94. The lowest BCUT2D eigenvalue weighted by Crippen LogP contribution is -2.56. The van der Waals surface area contributed by atoms with E-state index >= 15 is 0 Å². The molecule has 6 rings (SSSR count). The number of hydrogen-bond donors (Lipinski definition) is 1.